The van der Waals surface area contributed by atoms with Gasteiger partial charge in [0, 0.05) is 12.8 Å². The normalized spacial score (nSPS) is 19.9. The molecule has 0 saturated carbocycles. The predicted octanol–water partition coefficient (Wildman–Crippen LogP) is 12.0. The lowest BCUT2D eigenvalue weighted by Crippen LogP contribution is -2.59. The van der Waals surface area contributed by atoms with Gasteiger partial charge in [-0.25, -0.2) is 0 Å². The number of aliphatic hydroxyl groups excluding tert-OH is 4. The van der Waals surface area contributed by atoms with E-state index in [4.69, 9.17) is 18.9 Å². The lowest BCUT2D eigenvalue weighted by molar-refractivity contribution is -0.305. The van der Waals surface area contributed by atoms with E-state index in [0.29, 0.717) is 6.42 Å². The maximum Gasteiger partial charge on any atom is 0.306 e. The smallest absolute Gasteiger partial charge is 0.306 e. The van der Waals surface area contributed by atoms with Gasteiger partial charge in [-0.15, -0.1) is 0 Å². The van der Waals surface area contributed by atoms with Gasteiger partial charge in [0.05, 0.1) is 13.2 Å². The first kappa shape index (κ1) is 58.7. The molecule has 1 saturated heterocycles. The van der Waals surface area contributed by atoms with Gasteiger partial charge < -0.3 is 39.4 Å². The number of hydrogen-bond donors (Lipinski definition) is 4. The molecule has 366 valence electrons. The molecule has 0 aliphatic carbocycles. The highest BCUT2D eigenvalue weighted by molar-refractivity contribution is 5.70. The first-order valence-corrected chi connectivity index (χ1v) is 25.7. The molecule has 1 aliphatic rings. The van der Waals surface area contributed by atoms with Crippen molar-refractivity contribution in [3.8, 4) is 0 Å². The zero-order chi connectivity index (χ0) is 45.9. The third-order valence-corrected chi connectivity index (χ3v) is 11.7. The molecule has 1 fully saturated rings. The Morgan fingerprint density at radius 1 is 0.508 bits per heavy atom. The molecule has 10 heteroatoms. The molecule has 0 aromatic carbocycles. The summed E-state index contributed by atoms with van der Waals surface area (Å²) in [7, 11) is 0. The van der Waals surface area contributed by atoms with Crippen molar-refractivity contribution in [1.82, 2.24) is 0 Å². The van der Waals surface area contributed by atoms with E-state index in [0.717, 1.165) is 70.6 Å². The van der Waals surface area contributed by atoms with E-state index < -0.39 is 49.4 Å². The van der Waals surface area contributed by atoms with Crippen LogP contribution in [0.2, 0.25) is 0 Å². The number of ether oxygens (including phenoxy) is 4. The van der Waals surface area contributed by atoms with Gasteiger partial charge in [0.1, 0.15) is 31.0 Å². The zero-order valence-corrected chi connectivity index (χ0v) is 40.1. The summed E-state index contributed by atoms with van der Waals surface area (Å²) in [4.78, 5) is 25.4. The topological polar surface area (TPSA) is 152 Å². The summed E-state index contributed by atoms with van der Waals surface area (Å²) >= 11 is 0. The standard InChI is InChI=1S/C53H94O10/c1-3-5-7-9-11-13-15-17-19-21-22-23-24-26-27-29-31-33-35-37-39-41-48(55)60-44-46(45-61-53-52(59)51(58)50(57)47(43-54)63-53)62-49(56)42-40-38-36-34-32-30-28-25-20-18-16-14-12-10-8-6-4-2/h6,8,12,14,18,20,28,30,46-47,50-54,57-59H,3-5,7,9-11,13,15-17,19,21-27,29,31-45H2,1-2H3/b8-6-,14-12-,20-18-,30-28-. The van der Waals surface area contributed by atoms with Crippen LogP contribution in [0.15, 0.2) is 48.6 Å². The summed E-state index contributed by atoms with van der Waals surface area (Å²) in [6, 6.07) is 0. The third kappa shape index (κ3) is 34.6. The van der Waals surface area contributed by atoms with E-state index in [1.165, 1.54) is 116 Å². The quantitative estimate of drug-likeness (QED) is 0.0264. The molecule has 1 rings (SSSR count). The van der Waals surface area contributed by atoms with Crippen LogP contribution in [0.1, 0.15) is 219 Å². The van der Waals surface area contributed by atoms with Crippen molar-refractivity contribution in [2.75, 3.05) is 19.8 Å². The maximum atomic E-state index is 12.8. The highest BCUT2D eigenvalue weighted by Gasteiger charge is 2.44. The van der Waals surface area contributed by atoms with E-state index in [1.54, 1.807) is 0 Å². The Labute approximate surface area is 384 Å². The number of unbranched alkanes of at least 4 members (excludes halogenated alkanes) is 24. The van der Waals surface area contributed by atoms with Crippen LogP contribution in [0.5, 0.6) is 0 Å². The van der Waals surface area contributed by atoms with Gasteiger partial charge in [0.2, 0.25) is 0 Å². The first-order chi connectivity index (χ1) is 30.8. The van der Waals surface area contributed by atoms with Crippen molar-refractivity contribution in [1.29, 1.82) is 0 Å². The van der Waals surface area contributed by atoms with E-state index in [-0.39, 0.29) is 32.0 Å². The van der Waals surface area contributed by atoms with Crippen LogP contribution >= 0.6 is 0 Å². The Hall–Kier alpha value is -2.34. The summed E-state index contributed by atoms with van der Waals surface area (Å²) in [6.45, 7) is 3.31. The average Bonchev–Trinajstić information content (AvgIpc) is 3.28. The van der Waals surface area contributed by atoms with Crippen molar-refractivity contribution in [3.05, 3.63) is 48.6 Å². The summed E-state index contributed by atoms with van der Waals surface area (Å²) in [5, 5.41) is 40.2. The monoisotopic (exact) mass is 891 g/mol. The van der Waals surface area contributed by atoms with E-state index in [1.807, 2.05) is 0 Å². The SMILES string of the molecule is CC/C=C\C/C=C\C/C=C\C/C=C\CCCCCCC(=O)OC(COC(=O)CCCCCCCCCCCCCCCCCCCCCCC)COC1OC(CO)C(O)C(O)C1O. The Morgan fingerprint density at radius 3 is 1.41 bits per heavy atom. The number of aliphatic hydroxyl groups is 4. The van der Waals surface area contributed by atoms with Crippen molar-refractivity contribution in [3.63, 3.8) is 0 Å². The Kier molecular flexibility index (Phi) is 40.6. The Bertz CT molecular complexity index is 1170. The summed E-state index contributed by atoms with van der Waals surface area (Å²) in [6.07, 6.45) is 45.5. The van der Waals surface area contributed by atoms with Crippen molar-refractivity contribution >= 4 is 11.9 Å². The fourth-order valence-corrected chi connectivity index (χ4v) is 7.71. The van der Waals surface area contributed by atoms with Crippen LogP contribution in [0.4, 0.5) is 0 Å². The van der Waals surface area contributed by atoms with Crippen LogP contribution in [-0.2, 0) is 28.5 Å². The number of esters is 2. The predicted molar refractivity (Wildman–Crippen MR) is 256 cm³/mol. The molecule has 63 heavy (non-hydrogen) atoms. The molecule has 0 bridgehead atoms. The molecule has 0 aromatic rings. The summed E-state index contributed by atoms with van der Waals surface area (Å²) in [5.74, 6) is -0.827. The molecule has 0 radical (unpaired) electrons. The van der Waals surface area contributed by atoms with Crippen LogP contribution in [0.25, 0.3) is 0 Å². The van der Waals surface area contributed by atoms with Crippen LogP contribution in [0.3, 0.4) is 0 Å². The fraction of sp³-hybridized carbons (Fsp3) is 0.811. The first-order valence-electron chi connectivity index (χ1n) is 25.7. The van der Waals surface area contributed by atoms with Crippen LogP contribution in [-0.4, -0.2) is 89.0 Å². The number of rotatable bonds is 43. The molecule has 6 unspecified atom stereocenters. The molecule has 4 N–H and O–H groups in total. The maximum absolute atomic E-state index is 12.8. The van der Waals surface area contributed by atoms with Gasteiger partial charge in [-0.05, 0) is 51.4 Å². The van der Waals surface area contributed by atoms with Crippen LogP contribution < -0.4 is 0 Å². The molecule has 0 amide bonds. The lowest BCUT2D eigenvalue weighted by Gasteiger charge is -2.39. The minimum atomic E-state index is -1.60. The highest BCUT2D eigenvalue weighted by atomic mass is 16.7. The van der Waals surface area contributed by atoms with Crippen LogP contribution in [0, 0.1) is 0 Å². The Balaban J connectivity index is 2.26. The summed E-state index contributed by atoms with van der Waals surface area (Å²) in [5.41, 5.74) is 0. The molecule has 0 aromatic heterocycles. The number of carbonyl (C=O) groups is 2. The van der Waals surface area contributed by atoms with Crippen molar-refractivity contribution < 1.29 is 49.0 Å². The molecular weight excluding hydrogens is 797 g/mol. The number of allylic oxidation sites excluding steroid dienone is 8. The number of hydrogen-bond acceptors (Lipinski definition) is 10. The molecule has 6 atom stereocenters. The Morgan fingerprint density at radius 2 is 0.937 bits per heavy atom. The van der Waals surface area contributed by atoms with Gasteiger partial charge in [-0.3, -0.25) is 9.59 Å². The second kappa shape index (κ2) is 43.5. The molecule has 1 heterocycles. The van der Waals surface area contributed by atoms with Gasteiger partial charge in [-0.1, -0.05) is 204 Å². The largest absolute Gasteiger partial charge is 0.462 e. The fourth-order valence-electron chi connectivity index (χ4n) is 7.71. The second-order valence-corrected chi connectivity index (χ2v) is 17.6. The summed E-state index contributed by atoms with van der Waals surface area (Å²) < 4.78 is 22.2. The third-order valence-electron chi connectivity index (χ3n) is 11.7. The van der Waals surface area contributed by atoms with E-state index in [9.17, 15) is 30.0 Å². The van der Waals surface area contributed by atoms with Gasteiger partial charge in [-0.2, -0.15) is 0 Å². The number of carbonyl (C=O) groups excluding carboxylic acids is 2. The second-order valence-electron chi connectivity index (χ2n) is 17.6. The van der Waals surface area contributed by atoms with Crippen molar-refractivity contribution in [2.24, 2.45) is 0 Å². The highest BCUT2D eigenvalue weighted by Crippen LogP contribution is 2.23. The minimum absolute atomic E-state index is 0.202. The molecule has 1 aliphatic heterocycles. The molecular formula is C53H94O10. The van der Waals surface area contributed by atoms with Gasteiger partial charge in [0.15, 0.2) is 12.4 Å². The van der Waals surface area contributed by atoms with Gasteiger partial charge in [0.25, 0.3) is 0 Å². The zero-order valence-electron chi connectivity index (χ0n) is 40.1. The average molecular weight is 891 g/mol. The van der Waals surface area contributed by atoms with E-state index in [2.05, 4.69) is 62.5 Å². The van der Waals surface area contributed by atoms with Crippen molar-refractivity contribution in [2.45, 2.75) is 256 Å². The minimum Gasteiger partial charge on any atom is -0.462 e. The molecule has 10 nitrogen and oxygen atoms in total. The van der Waals surface area contributed by atoms with Gasteiger partial charge >= 0.3 is 11.9 Å². The van der Waals surface area contributed by atoms with E-state index >= 15 is 0 Å². The molecule has 0 spiro atoms. The lowest BCUT2D eigenvalue weighted by atomic mass is 9.99.